The Kier molecular flexibility index (Phi) is 5.41. The molecule has 8 heteroatoms. The molecule has 0 radical (unpaired) electrons. The van der Waals surface area contributed by atoms with Crippen molar-refractivity contribution in [3.05, 3.63) is 47.3 Å². The van der Waals surface area contributed by atoms with Gasteiger partial charge in [0.15, 0.2) is 0 Å². The van der Waals surface area contributed by atoms with Gasteiger partial charge in [-0.15, -0.1) is 11.3 Å². The predicted molar refractivity (Wildman–Crippen MR) is 103 cm³/mol. The Balaban J connectivity index is 1.73. The number of nitrogens with zero attached hydrogens (tertiary/aromatic N) is 2. The smallest absolute Gasteiger partial charge is 0.252 e. The standard InChI is InChI=1S/C18H24N2O4S2/c1-14-12-19(26(23,24)17-4-3-11-25-17)9-10-20(14)16-7-5-15(6-8-16)18(2,22)13-21/h3-8,11,14,21-22H,9-10,12-13H2,1-2H3/t14-,18-/m0/s1. The molecule has 0 saturated carbocycles. The third-order valence-electron chi connectivity index (χ3n) is 4.81. The number of benzene rings is 1. The second-order valence-electron chi connectivity index (χ2n) is 6.82. The second kappa shape index (κ2) is 7.28. The minimum atomic E-state index is -3.42. The van der Waals surface area contributed by atoms with Crippen LogP contribution in [0.25, 0.3) is 0 Å². The average molecular weight is 397 g/mol. The third-order valence-corrected chi connectivity index (χ3v) is 8.05. The highest BCUT2D eigenvalue weighted by Gasteiger charge is 2.33. The zero-order chi connectivity index (χ0) is 18.9. The van der Waals surface area contributed by atoms with E-state index in [2.05, 4.69) is 4.90 Å². The molecule has 1 aromatic heterocycles. The lowest BCUT2D eigenvalue weighted by molar-refractivity contribution is -0.00227. The molecule has 0 aliphatic carbocycles. The number of aliphatic hydroxyl groups excluding tert-OH is 1. The summed E-state index contributed by atoms with van der Waals surface area (Å²) < 4.78 is 27.3. The van der Waals surface area contributed by atoms with Crippen molar-refractivity contribution in [2.75, 3.05) is 31.1 Å². The summed E-state index contributed by atoms with van der Waals surface area (Å²) in [6.07, 6.45) is 0. The van der Waals surface area contributed by atoms with Crippen LogP contribution in [0.1, 0.15) is 19.4 Å². The topological polar surface area (TPSA) is 81.1 Å². The Hall–Kier alpha value is -1.45. The van der Waals surface area contributed by atoms with E-state index in [-0.39, 0.29) is 12.6 Å². The summed E-state index contributed by atoms with van der Waals surface area (Å²) in [5.74, 6) is 0. The van der Waals surface area contributed by atoms with Gasteiger partial charge in [-0.2, -0.15) is 4.31 Å². The minimum Gasteiger partial charge on any atom is -0.393 e. The molecule has 1 aliphatic rings. The van der Waals surface area contributed by atoms with Crippen LogP contribution < -0.4 is 4.90 Å². The van der Waals surface area contributed by atoms with Gasteiger partial charge in [-0.05, 0) is 43.0 Å². The third kappa shape index (κ3) is 3.65. The number of piperazine rings is 1. The Morgan fingerprint density at radius 3 is 2.46 bits per heavy atom. The van der Waals surface area contributed by atoms with E-state index < -0.39 is 15.6 Å². The first-order chi connectivity index (χ1) is 12.3. The summed E-state index contributed by atoms with van der Waals surface area (Å²) in [5.41, 5.74) is 0.357. The summed E-state index contributed by atoms with van der Waals surface area (Å²) in [5, 5.41) is 21.2. The maximum Gasteiger partial charge on any atom is 0.252 e. The van der Waals surface area contributed by atoms with Gasteiger partial charge in [0.1, 0.15) is 9.81 Å². The van der Waals surface area contributed by atoms with E-state index in [1.165, 1.54) is 11.3 Å². The molecule has 2 heterocycles. The second-order valence-corrected chi connectivity index (χ2v) is 9.93. The molecule has 0 amide bonds. The van der Waals surface area contributed by atoms with E-state index in [9.17, 15) is 18.6 Å². The fraction of sp³-hybridized carbons (Fsp3) is 0.444. The summed E-state index contributed by atoms with van der Waals surface area (Å²) in [6, 6.07) is 10.8. The lowest BCUT2D eigenvalue weighted by Gasteiger charge is -2.40. The summed E-state index contributed by atoms with van der Waals surface area (Å²) in [6.45, 7) is 4.69. The Labute approximate surface area is 158 Å². The van der Waals surface area contributed by atoms with Crippen molar-refractivity contribution in [2.45, 2.75) is 29.7 Å². The fourth-order valence-electron chi connectivity index (χ4n) is 3.17. The normalized spacial score (nSPS) is 21.5. The monoisotopic (exact) mass is 396 g/mol. The van der Waals surface area contributed by atoms with E-state index in [1.54, 1.807) is 40.9 Å². The molecular weight excluding hydrogens is 372 g/mol. The molecule has 6 nitrogen and oxygen atoms in total. The number of rotatable bonds is 5. The predicted octanol–water partition coefficient (Wildman–Crippen LogP) is 1.85. The van der Waals surface area contributed by atoms with Crippen LogP contribution >= 0.6 is 11.3 Å². The molecule has 2 aromatic rings. The average Bonchev–Trinajstić information content (AvgIpc) is 3.17. The highest BCUT2D eigenvalue weighted by Crippen LogP contribution is 2.28. The molecule has 0 bridgehead atoms. The first-order valence-corrected chi connectivity index (χ1v) is 10.8. The van der Waals surface area contributed by atoms with Gasteiger partial charge in [-0.3, -0.25) is 0 Å². The molecule has 1 fully saturated rings. The van der Waals surface area contributed by atoms with Crippen molar-refractivity contribution in [1.29, 1.82) is 0 Å². The van der Waals surface area contributed by atoms with Crippen molar-refractivity contribution in [1.82, 2.24) is 4.31 Å². The first kappa shape index (κ1) is 19.3. The molecule has 1 aromatic carbocycles. The number of anilines is 1. The molecule has 142 valence electrons. The molecule has 3 rings (SSSR count). The number of hydrogen-bond donors (Lipinski definition) is 2. The largest absolute Gasteiger partial charge is 0.393 e. The van der Waals surface area contributed by atoms with E-state index in [4.69, 9.17) is 0 Å². The van der Waals surface area contributed by atoms with Crippen molar-refractivity contribution in [3.8, 4) is 0 Å². The molecule has 2 atom stereocenters. The molecule has 0 unspecified atom stereocenters. The summed E-state index contributed by atoms with van der Waals surface area (Å²) >= 11 is 1.24. The van der Waals surface area contributed by atoms with E-state index >= 15 is 0 Å². The van der Waals surface area contributed by atoms with Crippen LogP contribution in [0.4, 0.5) is 5.69 Å². The Morgan fingerprint density at radius 2 is 1.92 bits per heavy atom. The maximum atomic E-state index is 12.7. The molecule has 26 heavy (non-hydrogen) atoms. The number of aliphatic hydroxyl groups is 2. The Morgan fingerprint density at radius 1 is 1.23 bits per heavy atom. The van der Waals surface area contributed by atoms with Crippen LogP contribution in [0, 0.1) is 0 Å². The van der Waals surface area contributed by atoms with Crippen LogP contribution in [-0.2, 0) is 15.6 Å². The van der Waals surface area contributed by atoms with Gasteiger partial charge in [0, 0.05) is 31.4 Å². The van der Waals surface area contributed by atoms with Gasteiger partial charge in [0.25, 0.3) is 10.0 Å². The minimum absolute atomic E-state index is 0.0303. The van der Waals surface area contributed by atoms with Gasteiger partial charge in [0.05, 0.1) is 6.61 Å². The molecule has 0 spiro atoms. The first-order valence-electron chi connectivity index (χ1n) is 8.50. The number of hydrogen-bond acceptors (Lipinski definition) is 6. The zero-order valence-corrected chi connectivity index (χ0v) is 16.5. The molecule has 1 saturated heterocycles. The lowest BCUT2D eigenvalue weighted by atomic mass is 9.96. The summed E-state index contributed by atoms with van der Waals surface area (Å²) in [7, 11) is -3.42. The van der Waals surface area contributed by atoms with E-state index in [1.807, 2.05) is 19.1 Å². The fourth-order valence-corrected chi connectivity index (χ4v) is 5.82. The number of thiophene rings is 1. The van der Waals surface area contributed by atoms with Crippen molar-refractivity contribution in [2.24, 2.45) is 0 Å². The molecular formula is C18H24N2O4S2. The van der Waals surface area contributed by atoms with E-state index in [0.717, 1.165) is 5.69 Å². The molecule has 2 N–H and O–H groups in total. The highest BCUT2D eigenvalue weighted by molar-refractivity contribution is 7.91. The van der Waals surface area contributed by atoms with Crippen LogP contribution in [0.5, 0.6) is 0 Å². The maximum absolute atomic E-state index is 12.7. The number of sulfonamides is 1. The van der Waals surface area contributed by atoms with E-state index in [0.29, 0.717) is 29.4 Å². The highest BCUT2D eigenvalue weighted by atomic mass is 32.2. The van der Waals surface area contributed by atoms with Gasteiger partial charge in [-0.1, -0.05) is 18.2 Å². The SMILES string of the molecule is C[C@H]1CN(S(=O)(=O)c2cccs2)CCN1c1ccc([C@@](C)(O)CO)cc1. The lowest BCUT2D eigenvalue weighted by Crippen LogP contribution is -2.53. The molecule has 1 aliphatic heterocycles. The van der Waals surface area contributed by atoms with Crippen LogP contribution in [-0.4, -0.2) is 55.2 Å². The van der Waals surface area contributed by atoms with Crippen molar-refractivity contribution >= 4 is 27.0 Å². The van der Waals surface area contributed by atoms with Gasteiger partial charge in [0.2, 0.25) is 0 Å². The zero-order valence-electron chi connectivity index (χ0n) is 14.9. The van der Waals surface area contributed by atoms with Gasteiger partial charge >= 0.3 is 0 Å². The van der Waals surface area contributed by atoms with Crippen molar-refractivity contribution < 1.29 is 18.6 Å². The van der Waals surface area contributed by atoms with Gasteiger partial charge < -0.3 is 15.1 Å². The van der Waals surface area contributed by atoms with Crippen molar-refractivity contribution in [3.63, 3.8) is 0 Å². The quantitative estimate of drug-likeness (QED) is 0.806. The Bertz CT molecular complexity index is 833. The van der Waals surface area contributed by atoms with Crippen LogP contribution in [0.15, 0.2) is 46.0 Å². The van der Waals surface area contributed by atoms with Crippen LogP contribution in [0.3, 0.4) is 0 Å². The van der Waals surface area contributed by atoms with Crippen LogP contribution in [0.2, 0.25) is 0 Å². The summed E-state index contributed by atoms with van der Waals surface area (Å²) in [4.78, 5) is 2.16. The van der Waals surface area contributed by atoms with Gasteiger partial charge in [-0.25, -0.2) is 8.42 Å².